The molecule has 3 aromatic rings. The molecule has 0 atom stereocenters. The number of aromatic amines is 1. The van der Waals surface area contributed by atoms with Gasteiger partial charge in [-0.2, -0.15) is 0 Å². The molecule has 0 radical (unpaired) electrons. The van der Waals surface area contributed by atoms with Crippen LogP contribution < -0.4 is 20.9 Å². The second kappa shape index (κ2) is 10.1. The number of aromatic nitrogens is 2. The normalized spacial score (nSPS) is 11.2. The Morgan fingerprint density at radius 3 is 2.35 bits per heavy atom. The van der Waals surface area contributed by atoms with E-state index >= 15 is 0 Å². The average Bonchev–Trinajstić information content (AvgIpc) is 3.04. The first-order chi connectivity index (χ1) is 16.0. The van der Waals surface area contributed by atoms with Crippen molar-refractivity contribution in [3.05, 3.63) is 69.4 Å². The molecule has 0 aliphatic rings. The number of carbonyl (C=O) groups is 2. The molecular weight excluding hydrogens is 463 g/mol. The topological polar surface area (TPSA) is 105 Å². The first kappa shape index (κ1) is 25.0. The molecule has 0 saturated carbocycles. The first-order valence-electron chi connectivity index (χ1n) is 10.5. The van der Waals surface area contributed by atoms with E-state index in [2.05, 4.69) is 15.7 Å². The summed E-state index contributed by atoms with van der Waals surface area (Å²) in [5.74, 6) is -1.34. The van der Waals surface area contributed by atoms with Gasteiger partial charge in [-0.25, -0.2) is 9.07 Å². The lowest BCUT2D eigenvalue weighted by Gasteiger charge is -2.23. The van der Waals surface area contributed by atoms with Crippen LogP contribution in [0.1, 0.15) is 32.4 Å². The van der Waals surface area contributed by atoms with E-state index in [9.17, 15) is 18.8 Å². The largest absolute Gasteiger partial charge is 0.494 e. The predicted octanol–water partition coefficient (Wildman–Crippen LogP) is 4.66. The van der Waals surface area contributed by atoms with Crippen molar-refractivity contribution in [1.29, 1.82) is 0 Å². The molecule has 0 bridgehead atoms. The summed E-state index contributed by atoms with van der Waals surface area (Å²) in [6.07, 6.45) is -0.0317. The van der Waals surface area contributed by atoms with Crippen LogP contribution >= 0.6 is 11.6 Å². The first-order valence-corrected chi connectivity index (χ1v) is 10.9. The van der Waals surface area contributed by atoms with E-state index in [-0.39, 0.29) is 40.5 Å². The molecule has 34 heavy (non-hydrogen) atoms. The molecule has 1 aromatic heterocycles. The summed E-state index contributed by atoms with van der Waals surface area (Å²) < 4.78 is 20.1. The Bertz CT molecular complexity index is 1270. The van der Waals surface area contributed by atoms with Crippen molar-refractivity contribution >= 4 is 34.8 Å². The number of rotatable bonds is 8. The molecule has 0 aliphatic carbocycles. The summed E-state index contributed by atoms with van der Waals surface area (Å²) in [7, 11) is 1.35. The lowest BCUT2D eigenvalue weighted by atomic mass is 9.85. The van der Waals surface area contributed by atoms with Crippen molar-refractivity contribution < 1.29 is 18.7 Å². The molecule has 0 unspecified atom stereocenters. The highest BCUT2D eigenvalue weighted by Gasteiger charge is 2.27. The molecule has 0 aliphatic heterocycles. The van der Waals surface area contributed by atoms with Crippen molar-refractivity contribution in [2.24, 2.45) is 5.41 Å². The minimum Gasteiger partial charge on any atom is -0.494 e. The summed E-state index contributed by atoms with van der Waals surface area (Å²) in [6, 6.07) is 11.3. The Morgan fingerprint density at radius 2 is 1.74 bits per heavy atom. The number of halogens is 2. The van der Waals surface area contributed by atoms with E-state index < -0.39 is 23.0 Å². The van der Waals surface area contributed by atoms with Gasteiger partial charge in [-0.1, -0.05) is 43.6 Å². The summed E-state index contributed by atoms with van der Waals surface area (Å²) in [6.45, 7) is 5.21. The molecule has 0 fully saturated rings. The Morgan fingerprint density at radius 1 is 1.12 bits per heavy atom. The molecule has 3 N–H and O–H groups in total. The van der Waals surface area contributed by atoms with Crippen LogP contribution in [0.15, 0.2) is 47.3 Å². The number of methoxy groups -OCH3 is 1. The molecule has 0 spiro atoms. The van der Waals surface area contributed by atoms with Crippen molar-refractivity contribution in [3.8, 4) is 11.4 Å². The van der Waals surface area contributed by atoms with E-state index in [0.29, 0.717) is 11.4 Å². The summed E-state index contributed by atoms with van der Waals surface area (Å²) in [5, 5.41) is 8.11. The summed E-state index contributed by atoms with van der Waals surface area (Å²) >= 11 is 5.81. The number of nitrogens with one attached hydrogen (secondary N) is 3. The smallest absolute Gasteiger partial charge is 0.295 e. The summed E-state index contributed by atoms with van der Waals surface area (Å²) in [5.41, 5.74) is 0.409. The zero-order valence-electron chi connectivity index (χ0n) is 19.3. The third-order valence-electron chi connectivity index (χ3n) is 5.14. The van der Waals surface area contributed by atoms with Gasteiger partial charge in [-0.15, -0.1) is 0 Å². The van der Waals surface area contributed by atoms with Gasteiger partial charge in [0.05, 0.1) is 29.2 Å². The maximum Gasteiger partial charge on any atom is 0.295 e. The van der Waals surface area contributed by atoms with Crippen LogP contribution in [0.4, 0.5) is 15.8 Å². The standard InChI is InChI=1S/C24H26ClFN4O4/c1-14-22(23(33)30(29-14)15-8-6-5-7-9-15)28-21(32)13-24(2,3)12-20(31)27-18-10-16(25)17(26)11-19(18)34-4/h5-11,29H,12-13H2,1-4H3,(H,27,31)(H,28,32). The van der Waals surface area contributed by atoms with Gasteiger partial charge in [0.15, 0.2) is 0 Å². The fourth-order valence-corrected chi connectivity index (χ4v) is 3.72. The fraction of sp³-hybridized carbons (Fsp3) is 0.292. The quantitative estimate of drug-likeness (QED) is 0.429. The van der Waals surface area contributed by atoms with Gasteiger partial charge in [0.2, 0.25) is 11.8 Å². The van der Waals surface area contributed by atoms with E-state index in [1.54, 1.807) is 45.0 Å². The van der Waals surface area contributed by atoms with Crippen LogP contribution in [0.5, 0.6) is 5.75 Å². The number of anilines is 2. The zero-order chi connectivity index (χ0) is 25.0. The fourth-order valence-electron chi connectivity index (χ4n) is 3.56. The lowest BCUT2D eigenvalue weighted by molar-refractivity contribution is -0.120. The summed E-state index contributed by atoms with van der Waals surface area (Å²) in [4.78, 5) is 38.1. The molecule has 0 saturated heterocycles. The number of H-pyrrole nitrogens is 1. The number of amides is 2. The minimum absolute atomic E-state index is 0.0149. The lowest BCUT2D eigenvalue weighted by Crippen LogP contribution is -2.29. The Kier molecular flexibility index (Phi) is 7.46. The third kappa shape index (κ3) is 5.85. The number of hydrogen-bond donors (Lipinski definition) is 3. The van der Waals surface area contributed by atoms with Crippen LogP contribution in [0.3, 0.4) is 0 Å². The van der Waals surface area contributed by atoms with Gasteiger partial charge in [-0.05, 0) is 30.5 Å². The van der Waals surface area contributed by atoms with Crippen molar-refractivity contribution in [2.45, 2.75) is 33.6 Å². The van der Waals surface area contributed by atoms with Crippen LogP contribution in [0, 0.1) is 18.2 Å². The number of nitrogens with zero attached hydrogens (tertiary/aromatic N) is 1. The van der Waals surface area contributed by atoms with Crippen molar-refractivity contribution in [2.75, 3.05) is 17.7 Å². The number of carbonyl (C=O) groups excluding carboxylic acids is 2. The van der Waals surface area contributed by atoms with Gasteiger partial charge >= 0.3 is 0 Å². The molecule has 1 heterocycles. The monoisotopic (exact) mass is 488 g/mol. The number of aryl methyl sites for hydroxylation is 1. The Hall–Kier alpha value is -3.59. The molecule has 8 nitrogen and oxygen atoms in total. The zero-order valence-corrected chi connectivity index (χ0v) is 20.0. The molecule has 2 amide bonds. The molecule has 10 heteroatoms. The van der Waals surface area contributed by atoms with Crippen LogP contribution in [0.25, 0.3) is 5.69 Å². The average molecular weight is 489 g/mol. The van der Waals surface area contributed by atoms with E-state index in [1.165, 1.54) is 17.9 Å². The maximum atomic E-state index is 13.6. The van der Waals surface area contributed by atoms with Crippen LogP contribution in [-0.2, 0) is 9.59 Å². The molecule has 3 rings (SSSR count). The Balaban J connectivity index is 1.66. The number of ether oxygens (including phenoxy) is 1. The van der Waals surface area contributed by atoms with Gasteiger partial charge in [0.1, 0.15) is 17.3 Å². The SMILES string of the molecule is COc1cc(F)c(Cl)cc1NC(=O)CC(C)(C)CC(=O)Nc1c(C)[nH]n(-c2ccccc2)c1=O. The van der Waals surface area contributed by atoms with Gasteiger partial charge in [0, 0.05) is 18.9 Å². The highest BCUT2D eigenvalue weighted by Crippen LogP contribution is 2.32. The van der Waals surface area contributed by atoms with E-state index in [4.69, 9.17) is 16.3 Å². The molecular formula is C24H26ClFN4O4. The Labute approximate surface area is 201 Å². The number of para-hydroxylation sites is 1. The van der Waals surface area contributed by atoms with Crippen LogP contribution in [0.2, 0.25) is 5.02 Å². The van der Waals surface area contributed by atoms with Gasteiger partial charge in [0.25, 0.3) is 5.56 Å². The van der Waals surface area contributed by atoms with Gasteiger partial charge in [-0.3, -0.25) is 19.5 Å². The van der Waals surface area contributed by atoms with E-state index in [0.717, 1.165) is 6.07 Å². The van der Waals surface area contributed by atoms with Crippen molar-refractivity contribution in [3.63, 3.8) is 0 Å². The second-order valence-electron chi connectivity index (χ2n) is 8.67. The highest BCUT2D eigenvalue weighted by atomic mass is 35.5. The minimum atomic E-state index is -0.742. The van der Waals surface area contributed by atoms with Gasteiger partial charge < -0.3 is 15.4 Å². The molecule has 2 aromatic carbocycles. The number of benzene rings is 2. The molecule has 180 valence electrons. The van der Waals surface area contributed by atoms with Crippen molar-refractivity contribution in [1.82, 2.24) is 9.78 Å². The predicted molar refractivity (Wildman–Crippen MR) is 129 cm³/mol. The highest BCUT2D eigenvalue weighted by molar-refractivity contribution is 6.31. The van der Waals surface area contributed by atoms with Crippen LogP contribution in [-0.4, -0.2) is 28.7 Å². The second-order valence-corrected chi connectivity index (χ2v) is 9.08. The number of hydrogen-bond acceptors (Lipinski definition) is 4. The van der Waals surface area contributed by atoms with E-state index in [1.807, 2.05) is 6.07 Å². The third-order valence-corrected chi connectivity index (χ3v) is 5.43. The maximum absolute atomic E-state index is 13.6.